The van der Waals surface area contributed by atoms with Crippen LogP contribution in [0.1, 0.15) is 0 Å². The Hall–Kier alpha value is -1.04. The average Bonchev–Trinajstić information content (AvgIpc) is 2.34. The molecule has 0 aliphatic rings. The maximum absolute atomic E-state index is 9.84. The molecule has 0 aromatic carbocycles. The molecule has 1 aromatic heterocycles. The van der Waals surface area contributed by atoms with Gasteiger partial charge in [-0.15, -0.1) is 0 Å². The van der Waals surface area contributed by atoms with Crippen molar-refractivity contribution in [2.75, 3.05) is 5.88 Å². The highest BCUT2D eigenvalue weighted by molar-refractivity contribution is 7.98. The number of aromatic amines is 1. The summed E-state index contributed by atoms with van der Waals surface area (Å²) in [6.45, 7) is 0. The molecule has 5 nitrogen and oxygen atoms in total. The van der Waals surface area contributed by atoms with E-state index in [1.54, 1.807) is 12.4 Å². The van der Waals surface area contributed by atoms with Gasteiger partial charge < -0.3 is 4.98 Å². The highest BCUT2D eigenvalue weighted by Gasteiger charge is 2.00. The lowest BCUT2D eigenvalue weighted by Crippen LogP contribution is -1.95. The largest absolute Gasteiger partial charge is 0.339 e. The van der Waals surface area contributed by atoms with Crippen LogP contribution in [0.3, 0.4) is 0 Å². The third-order valence-electron chi connectivity index (χ3n) is 0.780. The van der Waals surface area contributed by atoms with E-state index in [0.717, 1.165) is 11.8 Å². The second-order valence-corrected chi connectivity index (χ2v) is 2.43. The molecule has 0 radical (unpaired) electrons. The number of thioether (sulfide) groups is 1. The number of H-pyrrole nitrogens is 1. The summed E-state index contributed by atoms with van der Waals surface area (Å²) in [6, 6.07) is 0. The smallest absolute Gasteiger partial charge is 0.256 e. The van der Waals surface area contributed by atoms with Crippen molar-refractivity contribution in [3.8, 4) is 0 Å². The third kappa shape index (κ3) is 2.06. The van der Waals surface area contributed by atoms with E-state index in [0.29, 0.717) is 5.16 Å². The van der Waals surface area contributed by atoms with Crippen LogP contribution in [0.25, 0.3) is 0 Å². The van der Waals surface area contributed by atoms with E-state index >= 15 is 0 Å². The highest BCUT2D eigenvalue weighted by Crippen LogP contribution is 2.09. The number of hydrogen-bond acceptors (Lipinski definition) is 4. The highest BCUT2D eigenvalue weighted by atomic mass is 32.2. The molecule has 1 heterocycles. The van der Waals surface area contributed by atoms with Gasteiger partial charge in [0.25, 0.3) is 5.88 Å². The molecule has 6 heteroatoms. The van der Waals surface area contributed by atoms with Gasteiger partial charge in [0.1, 0.15) is 0 Å². The molecule has 54 valence electrons. The second kappa shape index (κ2) is 3.21. The van der Waals surface area contributed by atoms with Gasteiger partial charge in [-0.1, -0.05) is 0 Å². The molecule has 1 N–H and O–H groups in total. The Morgan fingerprint density at radius 1 is 1.90 bits per heavy atom. The van der Waals surface area contributed by atoms with E-state index in [9.17, 15) is 10.1 Å². The minimum absolute atomic E-state index is 0.145. The standard InChI is InChI=1S/C4H5N3O2S/c8-7(9)3-10-4-5-1-2-6-4/h1-2H,3H2,(H,5,6). The van der Waals surface area contributed by atoms with Gasteiger partial charge in [0, 0.05) is 17.3 Å². The van der Waals surface area contributed by atoms with Gasteiger partial charge in [-0.2, -0.15) is 0 Å². The summed E-state index contributed by atoms with van der Waals surface area (Å²) in [7, 11) is 0. The Morgan fingerprint density at radius 3 is 3.20 bits per heavy atom. The zero-order valence-corrected chi connectivity index (χ0v) is 5.80. The van der Waals surface area contributed by atoms with Gasteiger partial charge >= 0.3 is 0 Å². The summed E-state index contributed by atoms with van der Waals surface area (Å²) >= 11 is 1.07. The van der Waals surface area contributed by atoms with Crippen LogP contribution in [0.5, 0.6) is 0 Å². The van der Waals surface area contributed by atoms with Crippen molar-refractivity contribution in [3.63, 3.8) is 0 Å². The molecule has 0 aliphatic heterocycles. The van der Waals surface area contributed by atoms with Crippen LogP contribution in [0.15, 0.2) is 17.6 Å². The molecule has 10 heavy (non-hydrogen) atoms. The van der Waals surface area contributed by atoms with E-state index < -0.39 is 4.92 Å². The topological polar surface area (TPSA) is 71.8 Å². The summed E-state index contributed by atoms with van der Waals surface area (Å²) in [4.78, 5) is 16.0. The van der Waals surface area contributed by atoms with Gasteiger partial charge in [0.15, 0.2) is 5.16 Å². The third-order valence-corrected chi connectivity index (χ3v) is 1.62. The molecular formula is C4H5N3O2S. The molecule has 0 unspecified atom stereocenters. The Morgan fingerprint density at radius 2 is 2.70 bits per heavy atom. The zero-order valence-electron chi connectivity index (χ0n) is 4.98. The first kappa shape index (κ1) is 7.07. The summed E-state index contributed by atoms with van der Waals surface area (Å²) in [6.07, 6.45) is 3.19. The minimum atomic E-state index is -0.396. The lowest BCUT2D eigenvalue weighted by Gasteiger charge is -1.87. The van der Waals surface area contributed by atoms with Crippen LogP contribution in [0.4, 0.5) is 0 Å². The monoisotopic (exact) mass is 159 g/mol. The molecule has 1 aromatic rings. The molecule has 0 amide bonds. The number of hydrogen-bond donors (Lipinski definition) is 1. The fraction of sp³-hybridized carbons (Fsp3) is 0.250. The van der Waals surface area contributed by atoms with E-state index in [1.807, 2.05) is 0 Å². The molecule has 0 fully saturated rings. The van der Waals surface area contributed by atoms with Crippen molar-refractivity contribution in [1.82, 2.24) is 9.97 Å². The molecule has 0 saturated heterocycles. The first-order valence-corrected chi connectivity index (χ1v) is 3.51. The number of nitrogens with one attached hydrogen (secondary N) is 1. The van der Waals surface area contributed by atoms with E-state index in [4.69, 9.17) is 0 Å². The van der Waals surface area contributed by atoms with Gasteiger partial charge in [-0.3, -0.25) is 10.1 Å². The Kier molecular flexibility index (Phi) is 2.27. The summed E-state index contributed by atoms with van der Waals surface area (Å²) in [5.74, 6) is -0.145. The van der Waals surface area contributed by atoms with E-state index in [-0.39, 0.29) is 5.88 Å². The number of imidazole rings is 1. The maximum Gasteiger partial charge on any atom is 0.256 e. The number of rotatable bonds is 3. The van der Waals surface area contributed by atoms with Gasteiger partial charge in [-0.25, -0.2) is 4.98 Å². The molecule has 0 spiro atoms. The van der Waals surface area contributed by atoms with Crippen molar-refractivity contribution in [3.05, 3.63) is 22.5 Å². The molecular weight excluding hydrogens is 154 g/mol. The van der Waals surface area contributed by atoms with Crippen molar-refractivity contribution in [2.45, 2.75) is 5.16 Å². The first-order valence-electron chi connectivity index (χ1n) is 2.53. The summed E-state index contributed by atoms with van der Waals surface area (Å²) < 4.78 is 0. The number of aromatic nitrogens is 2. The fourth-order valence-corrected chi connectivity index (χ4v) is 0.958. The van der Waals surface area contributed by atoms with Crippen LogP contribution in [0.2, 0.25) is 0 Å². The van der Waals surface area contributed by atoms with Crippen molar-refractivity contribution >= 4 is 11.8 Å². The average molecular weight is 159 g/mol. The quantitative estimate of drug-likeness (QED) is 0.305. The van der Waals surface area contributed by atoms with Crippen LogP contribution in [-0.2, 0) is 0 Å². The molecule has 1 rings (SSSR count). The van der Waals surface area contributed by atoms with Crippen LogP contribution < -0.4 is 0 Å². The van der Waals surface area contributed by atoms with Gasteiger partial charge in [0.05, 0.1) is 0 Å². The maximum atomic E-state index is 9.84. The van der Waals surface area contributed by atoms with E-state index in [1.165, 1.54) is 0 Å². The minimum Gasteiger partial charge on any atom is -0.339 e. The first-order chi connectivity index (χ1) is 4.79. The van der Waals surface area contributed by atoms with Gasteiger partial charge in [0.2, 0.25) is 0 Å². The lowest BCUT2D eigenvalue weighted by atomic mass is 11.0. The molecule has 0 aliphatic carbocycles. The molecule has 0 bridgehead atoms. The van der Waals surface area contributed by atoms with Crippen LogP contribution in [0, 0.1) is 10.1 Å². The van der Waals surface area contributed by atoms with Crippen molar-refractivity contribution in [2.24, 2.45) is 0 Å². The molecule has 0 saturated carbocycles. The second-order valence-electron chi connectivity index (χ2n) is 1.50. The summed E-state index contributed by atoms with van der Waals surface area (Å²) in [5, 5.41) is 10.4. The Balaban J connectivity index is 2.35. The van der Waals surface area contributed by atoms with Crippen LogP contribution in [-0.4, -0.2) is 20.8 Å². The lowest BCUT2D eigenvalue weighted by molar-refractivity contribution is -0.456. The Labute approximate surface area is 61.0 Å². The number of nitrogens with zero attached hydrogens (tertiary/aromatic N) is 2. The predicted molar refractivity (Wildman–Crippen MR) is 36.3 cm³/mol. The zero-order chi connectivity index (χ0) is 7.40. The van der Waals surface area contributed by atoms with Gasteiger partial charge in [-0.05, 0) is 11.8 Å². The fourth-order valence-electron chi connectivity index (χ4n) is 0.444. The van der Waals surface area contributed by atoms with Crippen molar-refractivity contribution < 1.29 is 4.92 Å². The Bertz CT molecular complexity index is 210. The predicted octanol–water partition coefficient (Wildman–Crippen LogP) is 0.736. The van der Waals surface area contributed by atoms with Crippen molar-refractivity contribution in [1.29, 1.82) is 0 Å². The number of nitro groups is 1. The molecule has 0 atom stereocenters. The van der Waals surface area contributed by atoms with Crippen LogP contribution >= 0.6 is 11.8 Å². The normalized spacial score (nSPS) is 9.60. The summed E-state index contributed by atoms with van der Waals surface area (Å²) in [5.41, 5.74) is 0. The van der Waals surface area contributed by atoms with E-state index in [2.05, 4.69) is 9.97 Å². The SMILES string of the molecule is O=[N+]([O-])CSc1ncc[nH]1.